The summed E-state index contributed by atoms with van der Waals surface area (Å²) in [5.74, 6) is -0.891. The molecule has 0 radical (unpaired) electrons. The van der Waals surface area contributed by atoms with Crippen molar-refractivity contribution in [3.63, 3.8) is 0 Å². The van der Waals surface area contributed by atoms with Gasteiger partial charge in [-0.1, -0.05) is 12.1 Å². The quantitative estimate of drug-likeness (QED) is 0.616. The molecule has 0 heterocycles. The Bertz CT molecular complexity index is 452. The van der Waals surface area contributed by atoms with Crippen LogP contribution in [0.25, 0.3) is 0 Å². The number of carbonyl (C=O) groups excluding carboxylic acids is 1. The highest BCUT2D eigenvalue weighted by molar-refractivity contribution is 5.98. The lowest BCUT2D eigenvalue weighted by atomic mass is 10.1. The zero-order valence-corrected chi connectivity index (χ0v) is 9.47. The lowest BCUT2D eigenvalue weighted by Gasteiger charge is -2.21. The second kappa shape index (κ2) is 4.49. The first-order valence-electron chi connectivity index (χ1n) is 5.58. The molecule has 0 aromatic heterocycles. The average Bonchev–Trinajstić information content (AvgIpc) is 3.13. The van der Waals surface area contributed by atoms with E-state index in [1.165, 1.54) is 12.1 Å². The molecule has 1 aliphatic rings. The second-order valence-corrected chi connectivity index (χ2v) is 4.15. The molecule has 0 atom stereocenters. The van der Waals surface area contributed by atoms with Crippen molar-refractivity contribution in [1.82, 2.24) is 4.90 Å². The zero-order chi connectivity index (χ0) is 12.4. The molecule has 4 heteroatoms. The molecule has 1 aliphatic carbocycles. The smallest absolute Gasteiger partial charge is 0.258 e. The van der Waals surface area contributed by atoms with Crippen molar-refractivity contribution in [1.29, 1.82) is 0 Å². The van der Waals surface area contributed by atoms with Gasteiger partial charge in [-0.2, -0.15) is 0 Å². The molecule has 1 saturated carbocycles. The van der Waals surface area contributed by atoms with Crippen LogP contribution in [-0.4, -0.2) is 33.6 Å². The molecule has 17 heavy (non-hydrogen) atoms. The number of carbonyl (C=O) groups is 1. The molecule has 0 spiro atoms. The standard InChI is InChI=1S/C13H15NO3/c1-2-8-14(9-6-7-9)13(17)10-4-3-5-11(15)12(10)16/h2-5,9,15-16H,1,6-8H2. The Morgan fingerprint density at radius 2 is 2.18 bits per heavy atom. The minimum absolute atomic E-state index is 0.138. The Kier molecular flexibility index (Phi) is 3.04. The first kappa shape index (κ1) is 11.5. The van der Waals surface area contributed by atoms with E-state index in [4.69, 9.17) is 0 Å². The van der Waals surface area contributed by atoms with Crippen LogP contribution in [0, 0.1) is 0 Å². The van der Waals surface area contributed by atoms with E-state index >= 15 is 0 Å². The fourth-order valence-electron chi connectivity index (χ4n) is 1.78. The van der Waals surface area contributed by atoms with Crippen molar-refractivity contribution >= 4 is 5.91 Å². The topological polar surface area (TPSA) is 60.8 Å². The number of aromatic hydroxyl groups is 2. The molecule has 1 aromatic carbocycles. The van der Waals surface area contributed by atoms with Gasteiger partial charge in [-0.05, 0) is 25.0 Å². The highest BCUT2D eigenvalue weighted by Crippen LogP contribution is 2.33. The second-order valence-electron chi connectivity index (χ2n) is 4.15. The Labute approximate surface area is 99.8 Å². The summed E-state index contributed by atoms with van der Waals surface area (Å²) < 4.78 is 0. The first-order chi connectivity index (χ1) is 8.15. The molecule has 90 valence electrons. The SMILES string of the molecule is C=CCN(C(=O)c1cccc(O)c1O)C1CC1. The minimum Gasteiger partial charge on any atom is -0.504 e. The molecule has 2 N–H and O–H groups in total. The molecule has 1 fully saturated rings. The van der Waals surface area contributed by atoms with Crippen LogP contribution in [0.3, 0.4) is 0 Å². The zero-order valence-electron chi connectivity index (χ0n) is 9.47. The third-order valence-corrected chi connectivity index (χ3v) is 2.82. The molecular formula is C13H15NO3. The Morgan fingerprint density at radius 1 is 1.47 bits per heavy atom. The van der Waals surface area contributed by atoms with Crippen LogP contribution in [0.4, 0.5) is 0 Å². The molecule has 1 aromatic rings. The van der Waals surface area contributed by atoms with E-state index in [1.807, 2.05) is 0 Å². The summed E-state index contributed by atoms with van der Waals surface area (Å²) in [6, 6.07) is 4.64. The summed E-state index contributed by atoms with van der Waals surface area (Å²) in [5.41, 5.74) is 0.138. The predicted molar refractivity (Wildman–Crippen MR) is 64.0 cm³/mol. The summed E-state index contributed by atoms with van der Waals surface area (Å²) in [6.45, 7) is 4.08. The molecule has 0 bridgehead atoms. The number of hydrogen-bond acceptors (Lipinski definition) is 3. The third kappa shape index (κ3) is 2.25. The molecule has 2 rings (SSSR count). The van der Waals surface area contributed by atoms with E-state index in [1.54, 1.807) is 17.0 Å². The van der Waals surface area contributed by atoms with Crippen molar-refractivity contribution in [2.45, 2.75) is 18.9 Å². The molecule has 4 nitrogen and oxygen atoms in total. The van der Waals surface area contributed by atoms with Gasteiger partial charge < -0.3 is 15.1 Å². The van der Waals surface area contributed by atoms with Gasteiger partial charge >= 0.3 is 0 Å². The van der Waals surface area contributed by atoms with Crippen LogP contribution in [0.5, 0.6) is 11.5 Å². The van der Waals surface area contributed by atoms with Gasteiger partial charge in [0.25, 0.3) is 5.91 Å². The van der Waals surface area contributed by atoms with Gasteiger partial charge in [0, 0.05) is 12.6 Å². The van der Waals surface area contributed by atoms with Gasteiger partial charge in [-0.15, -0.1) is 6.58 Å². The fraction of sp³-hybridized carbons (Fsp3) is 0.308. The summed E-state index contributed by atoms with van der Waals surface area (Å²) in [5, 5.41) is 19.0. The molecule has 1 amide bonds. The van der Waals surface area contributed by atoms with Crippen molar-refractivity contribution in [2.75, 3.05) is 6.54 Å². The number of amides is 1. The van der Waals surface area contributed by atoms with E-state index < -0.39 is 0 Å². The lowest BCUT2D eigenvalue weighted by molar-refractivity contribution is 0.0759. The number of phenolic OH excluding ortho intramolecular Hbond substituents is 2. The van der Waals surface area contributed by atoms with Crippen LogP contribution in [0.1, 0.15) is 23.2 Å². The normalized spacial score (nSPS) is 14.4. The number of rotatable bonds is 4. The fourth-order valence-corrected chi connectivity index (χ4v) is 1.78. The van der Waals surface area contributed by atoms with E-state index in [0.717, 1.165) is 12.8 Å². The van der Waals surface area contributed by atoms with Gasteiger partial charge in [0.1, 0.15) is 0 Å². The van der Waals surface area contributed by atoms with E-state index in [2.05, 4.69) is 6.58 Å². The van der Waals surface area contributed by atoms with E-state index in [-0.39, 0.29) is 29.0 Å². The van der Waals surface area contributed by atoms with Gasteiger partial charge in [-0.3, -0.25) is 4.79 Å². The van der Waals surface area contributed by atoms with E-state index in [0.29, 0.717) is 6.54 Å². The number of benzene rings is 1. The van der Waals surface area contributed by atoms with Crippen LogP contribution < -0.4 is 0 Å². The largest absolute Gasteiger partial charge is 0.504 e. The molecule has 0 aliphatic heterocycles. The van der Waals surface area contributed by atoms with Gasteiger partial charge in [0.2, 0.25) is 0 Å². The lowest BCUT2D eigenvalue weighted by Crippen LogP contribution is -2.33. The predicted octanol–water partition coefficient (Wildman–Crippen LogP) is 1.89. The Morgan fingerprint density at radius 3 is 2.76 bits per heavy atom. The van der Waals surface area contributed by atoms with Crippen LogP contribution >= 0.6 is 0 Å². The number of para-hydroxylation sites is 1. The highest BCUT2D eigenvalue weighted by Gasteiger charge is 2.33. The van der Waals surface area contributed by atoms with Crippen molar-refractivity contribution in [3.8, 4) is 11.5 Å². The molecule has 0 unspecified atom stereocenters. The van der Waals surface area contributed by atoms with Crippen LogP contribution in [0.15, 0.2) is 30.9 Å². The summed E-state index contributed by atoms with van der Waals surface area (Å²) in [7, 11) is 0. The molecular weight excluding hydrogens is 218 g/mol. The number of phenols is 2. The monoisotopic (exact) mass is 233 g/mol. The van der Waals surface area contributed by atoms with Crippen molar-refractivity contribution < 1.29 is 15.0 Å². The summed E-state index contributed by atoms with van der Waals surface area (Å²) in [6.07, 6.45) is 3.63. The Hall–Kier alpha value is -1.97. The summed E-state index contributed by atoms with van der Waals surface area (Å²) in [4.78, 5) is 13.9. The number of hydrogen-bond donors (Lipinski definition) is 2. The maximum atomic E-state index is 12.2. The van der Waals surface area contributed by atoms with E-state index in [9.17, 15) is 15.0 Å². The first-order valence-corrected chi connectivity index (χ1v) is 5.58. The van der Waals surface area contributed by atoms with Crippen LogP contribution in [0.2, 0.25) is 0 Å². The van der Waals surface area contributed by atoms with Crippen LogP contribution in [-0.2, 0) is 0 Å². The highest BCUT2D eigenvalue weighted by atomic mass is 16.3. The Balaban J connectivity index is 2.28. The van der Waals surface area contributed by atoms with Gasteiger partial charge in [0.05, 0.1) is 5.56 Å². The third-order valence-electron chi connectivity index (χ3n) is 2.82. The van der Waals surface area contributed by atoms with Gasteiger partial charge in [-0.25, -0.2) is 0 Å². The van der Waals surface area contributed by atoms with Crippen molar-refractivity contribution in [3.05, 3.63) is 36.4 Å². The maximum Gasteiger partial charge on any atom is 0.258 e. The minimum atomic E-state index is -0.354. The average molecular weight is 233 g/mol. The summed E-state index contributed by atoms with van der Waals surface area (Å²) >= 11 is 0. The molecule has 0 saturated heterocycles. The number of nitrogens with zero attached hydrogens (tertiary/aromatic N) is 1. The van der Waals surface area contributed by atoms with Crippen molar-refractivity contribution in [2.24, 2.45) is 0 Å². The van der Waals surface area contributed by atoms with Gasteiger partial charge in [0.15, 0.2) is 11.5 Å². The maximum absolute atomic E-state index is 12.2.